The molecule has 0 spiro atoms. The number of fused-ring (bicyclic) bond motifs is 3. The van der Waals surface area contributed by atoms with E-state index in [-0.39, 0.29) is 0 Å². The molecule has 0 radical (unpaired) electrons. The van der Waals surface area contributed by atoms with Crippen LogP contribution in [0.25, 0.3) is 32.7 Å². The molecule has 2 heteroatoms. The van der Waals surface area contributed by atoms with E-state index in [2.05, 4.69) is 205 Å². The van der Waals surface area contributed by atoms with Crippen LogP contribution in [0.5, 0.6) is 0 Å². The summed E-state index contributed by atoms with van der Waals surface area (Å²) in [4.78, 5) is 4.72. The van der Waals surface area contributed by atoms with Crippen LogP contribution in [-0.4, -0.2) is 0 Å². The first kappa shape index (κ1) is 30.2. The standard InChI is InChI=1S/C47H38N2/c1-2-18-44-45-33-40(48(36-21-10-4-11-22-36)37-23-12-5-13-24-37)29-31-42(45)43-32-30-41(34-46(43)47(44)35-19-8-3-9-20-35)49(38-25-14-6-15-26-38)39-27-16-7-17-28-39/h3-17,19-34H,2,18H2,1H3. The lowest BCUT2D eigenvalue weighted by molar-refractivity contribution is 0.932. The van der Waals surface area contributed by atoms with E-state index in [1.165, 1.54) is 38.2 Å². The number of nitrogens with zero attached hydrogens (tertiary/aromatic N) is 2. The number of anilines is 6. The van der Waals surface area contributed by atoms with Gasteiger partial charge in [0.05, 0.1) is 0 Å². The lowest BCUT2D eigenvalue weighted by Gasteiger charge is -2.28. The average molecular weight is 631 g/mol. The lowest BCUT2D eigenvalue weighted by Crippen LogP contribution is -2.10. The molecule has 49 heavy (non-hydrogen) atoms. The molecule has 8 aromatic rings. The van der Waals surface area contributed by atoms with E-state index in [4.69, 9.17) is 0 Å². The van der Waals surface area contributed by atoms with Crippen LogP contribution in [-0.2, 0) is 6.42 Å². The Morgan fingerprint density at radius 1 is 0.347 bits per heavy atom. The van der Waals surface area contributed by atoms with E-state index in [9.17, 15) is 0 Å². The number of rotatable bonds is 9. The maximum Gasteiger partial charge on any atom is 0.0468 e. The highest BCUT2D eigenvalue weighted by molar-refractivity contribution is 6.17. The van der Waals surface area contributed by atoms with Crippen LogP contribution in [0.15, 0.2) is 188 Å². The van der Waals surface area contributed by atoms with Crippen molar-refractivity contribution in [3.63, 3.8) is 0 Å². The van der Waals surface area contributed by atoms with Gasteiger partial charge in [-0.15, -0.1) is 0 Å². The number of aryl methyl sites for hydroxylation is 1. The molecule has 0 fully saturated rings. The van der Waals surface area contributed by atoms with Gasteiger partial charge < -0.3 is 9.80 Å². The summed E-state index contributed by atoms with van der Waals surface area (Å²) in [6, 6.07) is 67.7. The minimum Gasteiger partial charge on any atom is -0.310 e. The van der Waals surface area contributed by atoms with Gasteiger partial charge >= 0.3 is 0 Å². The highest BCUT2D eigenvalue weighted by Crippen LogP contribution is 2.45. The van der Waals surface area contributed by atoms with Gasteiger partial charge in [0.15, 0.2) is 0 Å². The van der Waals surface area contributed by atoms with Crippen LogP contribution >= 0.6 is 0 Å². The zero-order valence-electron chi connectivity index (χ0n) is 27.7. The molecule has 0 saturated carbocycles. The minimum absolute atomic E-state index is 0.974. The zero-order valence-corrected chi connectivity index (χ0v) is 27.7. The predicted molar refractivity (Wildman–Crippen MR) is 210 cm³/mol. The van der Waals surface area contributed by atoms with Gasteiger partial charge in [-0.1, -0.05) is 129 Å². The van der Waals surface area contributed by atoms with Gasteiger partial charge in [-0.05, 0) is 117 Å². The van der Waals surface area contributed by atoms with E-state index in [0.29, 0.717) is 0 Å². The molecule has 0 bridgehead atoms. The highest BCUT2D eigenvalue weighted by atomic mass is 15.1. The molecule has 0 atom stereocenters. The van der Waals surface area contributed by atoms with E-state index in [1.54, 1.807) is 0 Å². The van der Waals surface area contributed by atoms with Crippen LogP contribution in [0.1, 0.15) is 18.9 Å². The van der Waals surface area contributed by atoms with Crippen molar-refractivity contribution in [3.05, 3.63) is 194 Å². The summed E-state index contributed by atoms with van der Waals surface area (Å²) < 4.78 is 0. The summed E-state index contributed by atoms with van der Waals surface area (Å²) in [7, 11) is 0. The summed E-state index contributed by atoms with van der Waals surface area (Å²) in [5, 5.41) is 5.11. The van der Waals surface area contributed by atoms with Crippen LogP contribution in [0.2, 0.25) is 0 Å². The van der Waals surface area contributed by atoms with Gasteiger partial charge in [-0.3, -0.25) is 0 Å². The van der Waals surface area contributed by atoms with Crippen LogP contribution < -0.4 is 9.80 Å². The molecule has 0 aliphatic rings. The Morgan fingerprint density at radius 2 is 0.714 bits per heavy atom. The first-order chi connectivity index (χ1) is 24.3. The van der Waals surface area contributed by atoms with Gasteiger partial charge in [0.2, 0.25) is 0 Å². The highest BCUT2D eigenvalue weighted by Gasteiger charge is 2.21. The SMILES string of the molecule is CCCc1c(-c2ccccc2)c2cc(N(c3ccccc3)c3ccccc3)ccc2c2ccc(N(c3ccccc3)c3ccccc3)cc12. The molecule has 0 aromatic heterocycles. The number of hydrogen-bond acceptors (Lipinski definition) is 2. The number of para-hydroxylation sites is 4. The van der Waals surface area contributed by atoms with Gasteiger partial charge in [0, 0.05) is 34.1 Å². The third-order valence-electron chi connectivity index (χ3n) is 9.33. The minimum atomic E-state index is 0.974. The fourth-order valence-electron chi connectivity index (χ4n) is 7.21. The lowest BCUT2D eigenvalue weighted by atomic mass is 9.85. The van der Waals surface area contributed by atoms with Crippen molar-refractivity contribution in [1.29, 1.82) is 0 Å². The predicted octanol–water partition coefficient (Wildman–Crippen LogP) is 13.6. The van der Waals surface area contributed by atoms with Crippen molar-refractivity contribution in [3.8, 4) is 11.1 Å². The summed E-state index contributed by atoms with van der Waals surface area (Å²) in [6.07, 6.45) is 2.02. The summed E-state index contributed by atoms with van der Waals surface area (Å²) >= 11 is 0. The number of hydrogen-bond donors (Lipinski definition) is 0. The quantitative estimate of drug-likeness (QED) is 0.146. The molecule has 2 nitrogen and oxygen atoms in total. The molecule has 0 saturated heterocycles. The molecule has 236 valence electrons. The Bertz CT molecular complexity index is 2240. The molecule has 8 rings (SSSR count). The first-order valence-corrected chi connectivity index (χ1v) is 17.2. The Kier molecular flexibility index (Phi) is 8.36. The topological polar surface area (TPSA) is 6.48 Å². The molecule has 0 N–H and O–H groups in total. The summed E-state index contributed by atoms with van der Waals surface area (Å²) in [5.74, 6) is 0. The van der Waals surface area contributed by atoms with Gasteiger partial charge in [-0.25, -0.2) is 0 Å². The van der Waals surface area contributed by atoms with Crippen LogP contribution in [0, 0.1) is 0 Å². The third kappa shape index (κ3) is 5.83. The fourth-order valence-corrected chi connectivity index (χ4v) is 7.21. The van der Waals surface area contributed by atoms with Crippen LogP contribution in [0.3, 0.4) is 0 Å². The van der Waals surface area contributed by atoms with Gasteiger partial charge in [-0.2, -0.15) is 0 Å². The van der Waals surface area contributed by atoms with Crippen molar-refractivity contribution in [1.82, 2.24) is 0 Å². The Labute approximate surface area is 289 Å². The molecule has 0 aliphatic heterocycles. The van der Waals surface area contributed by atoms with Gasteiger partial charge in [0.25, 0.3) is 0 Å². The van der Waals surface area contributed by atoms with Gasteiger partial charge in [0.1, 0.15) is 0 Å². The normalized spacial score (nSPS) is 11.1. The van der Waals surface area contributed by atoms with Crippen molar-refractivity contribution in [2.75, 3.05) is 9.80 Å². The summed E-state index contributed by atoms with van der Waals surface area (Å²) in [6.45, 7) is 2.29. The third-order valence-corrected chi connectivity index (χ3v) is 9.33. The average Bonchev–Trinajstić information content (AvgIpc) is 3.17. The Morgan fingerprint density at radius 3 is 1.12 bits per heavy atom. The second kappa shape index (κ2) is 13.5. The smallest absolute Gasteiger partial charge is 0.0468 e. The molecule has 8 aromatic carbocycles. The Hall–Kier alpha value is -6.12. The summed E-state index contributed by atoms with van der Waals surface area (Å²) in [5.41, 5.74) is 10.8. The van der Waals surface area contributed by atoms with E-state index in [0.717, 1.165) is 47.0 Å². The van der Waals surface area contributed by atoms with Crippen molar-refractivity contribution in [2.24, 2.45) is 0 Å². The molecule has 0 heterocycles. The van der Waals surface area contributed by atoms with E-state index >= 15 is 0 Å². The van der Waals surface area contributed by atoms with Crippen molar-refractivity contribution < 1.29 is 0 Å². The molecule has 0 amide bonds. The van der Waals surface area contributed by atoms with Crippen molar-refractivity contribution in [2.45, 2.75) is 19.8 Å². The molecular weight excluding hydrogens is 593 g/mol. The maximum atomic E-state index is 2.42. The first-order valence-electron chi connectivity index (χ1n) is 17.2. The number of benzene rings is 8. The molecule has 0 aliphatic carbocycles. The van der Waals surface area contributed by atoms with Crippen molar-refractivity contribution >= 4 is 55.7 Å². The second-order valence-corrected chi connectivity index (χ2v) is 12.4. The maximum absolute atomic E-state index is 2.42. The molecule has 0 unspecified atom stereocenters. The Balaban J connectivity index is 1.42. The van der Waals surface area contributed by atoms with E-state index < -0.39 is 0 Å². The fraction of sp³-hybridized carbons (Fsp3) is 0.0638. The molecular formula is C47H38N2. The van der Waals surface area contributed by atoms with Crippen LogP contribution in [0.4, 0.5) is 34.1 Å². The zero-order chi connectivity index (χ0) is 33.0. The second-order valence-electron chi connectivity index (χ2n) is 12.4. The monoisotopic (exact) mass is 630 g/mol. The van der Waals surface area contributed by atoms with E-state index in [1.807, 2.05) is 0 Å². The largest absolute Gasteiger partial charge is 0.310 e.